The van der Waals surface area contributed by atoms with Gasteiger partial charge in [-0.2, -0.15) is 0 Å². The second-order valence-corrected chi connectivity index (χ2v) is 5.78. The van der Waals surface area contributed by atoms with Gasteiger partial charge in [0, 0.05) is 26.4 Å². The first-order valence-corrected chi connectivity index (χ1v) is 7.90. The molecule has 2 N–H and O–H groups in total. The van der Waals surface area contributed by atoms with Gasteiger partial charge in [0.25, 0.3) is 0 Å². The molecule has 1 aliphatic heterocycles. The number of benzene rings is 1. The quantitative estimate of drug-likeness (QED) is 0.831. The molecule has 1 atom stereocenters. The summed E-state index contributed by atoms with van der Waals surface area (Å²) in [6.45, 7) is 2.28. The third kappa shape index (κ3) is 4.04. The molecule has 24 heavy (non-hydrogen) atoms. The molecule has 1 aromatic carbocycles. The van der Waals surface area contributed by atoms with Gasteiger partial charge < -0.3 is 20.3 Å². The molecular weight excluding hydrogens is 310 g/mol. The van der Waals surface area contributed by atoms with Gasteiger partial charge in [0.15, 0.2) is 0 Å². The normalized spacial score (nSPS) is 17.5. The minimum absolute atomic E-state index is 0.0599. The second kappa shape index (κ2) is 7.81. The van der Waals surface area contributed by atoms with E-state index >= 15 is 0 Å². The predicted octanol–water partition coefficient (Wildman–Crippen LogP) is 0.172. The Morgan fingerprint density at radius 1 is 1.25 bits per heavy atom. The number of carbonyl (C=O) groups is 3. The van der Waals surface area contributed by atoms with Gasteiger partial charge in [-0.1, -0.05) is 18.2 Å². The number of hydrogen-bond acceptors (Lipinski definition) is 4. The van der Waals surface area contributed by atoms with E-state index in [-0.39, 0.29) is 18.4 Å². The molecule has 7 heteroatoms. The van der Waals surface area contributed by atoms with Crippen molar-refractivity contribution in [3.05, 3.63) is 29.8 Å². The Kier molecular flexibility index (Phi) is 5.78. The number of amides is 3. The highest BCUT2D eigenvalue weighted by Crippen LogP contribution is 2.20. The molecule has 2 rings (SSSR count). The summed E-state index contributed by atoms with van der Waals surface area (Å²) in [5.41, 5.74) is 6.33. The zero-order valence-corrected chi connectivity index (χ0v) is 14.0. The molecule has 1 aliphatic rings. The molecule has 1 heterocycles. The van der Waals surface area contributed by atoms with Crippen molar-refractivity contribution in [1.29, 1.82) is 0 Å². The molecule has 3 amide bonds. The van der Waals surface area contributed by atoms with Crippen LogP contribution in [0.15, 0.2) is 24.3 Å². The summed E-state index contributed by atoms with van der Waals surface area (Å²) in [5.74, 6) is -0.107. The molecule has 1 fully saturated rings. The highest BCUT2D eigenvalue weighted by atomic mass is 16.5. The first kappa shape index (κ1) is 17.8. The summed E-state index contributed by atoms with van der Waals surface area (Å²) in [7, 11) is 1.60. The number of nitrogens with zero attached hydrogens (tertiary/aromatic N) is 2. The summed E-state index contributed by atoms with van der Waals surface area (Å²) in [6, 6.07) is 6.80. The van der Waals surface area contributed by atoms with Crippen molar-refractivity contribution in [2.75, 3.05) is 26.7 Å². The molecule has 0 aromatic heterocycles. The first-order valence-electron chi connectivity index (χ1n) is 7.90. The number of hydrogen-bond donors (Lipinski definition) is 1. The minimum atomic E-state index is -0.758. The Morgan fingerprint density at radius 2 is 1.96 bits per heavy atom. The molecule has 0 bridgehead atoms. The maximum absolute atomic E-state index is 12.4. The van der Waals surface area contributed by atoms with Crippen molar-refractivity contribution in [3.63, 3.8) is 0 Å². The molecule has 0 aliphatic carbocycles. The third-order valence-corrected chi connectivity index (χ3v) is 4.27. The maximum atomic E-state index is 12.4. The van der Waals surface area contributed by atoms with Crippen LogP contribution in [0, 0.1) is 0 Å². The van der Waals surface area contributed by atoms with E-state index in [4.69, 9.17) is 10.5 Å². The number of para-hydroxylation sites is 1. The highest BCUT2D eigenvalue weighted by molar-refractivity contribution is 5.87. The van der Waals surface area contributed by atoms with E-state index < -0.39 is 11.9 Å². The molecule has 7 nitrogen and oxygen atoms in total. The van der Waals surface area contributed by atoms with Gasteiger partial charge in [0.2, 0.25) is 17.7 Å². The summed E-state index contributed by atoms with van der Waals surface area (Å²) in [5, 5.41) is 0. The topological polar surface area (TPSA) is 92.9 Å². The van der Waals surface area contributed by atoms with E-state index in [0.717, 1.165) is 11.3 Å². The van der Waals surface area contributed by atoms with E-state index in [1.165, 1.54) is 11.8 Å². The fraction of sp³-hybridized carbons (Fsp3) is 0.471. The van der Waals surface area contributed by atoms with Crippen LogP contribution in [-0.4, -0.2) is 60.3 Å². The summed E-state index contributed by atoms with van der Waals surface area (Å²) in [6.07, 6.45) is 0.864. The van der Waals surface area contributed by atoms with Crippen LogP contribution in [0.2, 0.25) is 0 Å². The van der Waals surface area contributed by atoms with Gasteiger partial charge in [0.05, 0.1) is 13.7 Å². The number of primary amides is 1. The highest BCUT2D eigenvalue weighted by Gasteiger charge is 2.34. The van der Waals surface area contributed by atoms with Crippen LogP contribution in [0.3, 0.4) is 0 Å². The van der Waals surface area contributed by atoms with Crippen LogP contribution < -0.4 is 10.5 Å². The zero-order valence-electron chi connectivity index (χ0n) is 14.0. The summed E-state index contributed by atoms with van der Waals surface area (Å²) >= 11 is 0. The van der Waals surface area contributed by atoms with Crippen LogP contribution in [0.4, 0.5) is 0 Å². The number of aryl methyl sites for hydroxylation is 1. The smallest absolute Gasteiger partial charge is 0.242 e. The Bertz CT molecular complexity index is 632. The van der Waals surface area contributed by atoms with E-state index in [2.05, 4.69) is 0 Å². The fourth-order valence-electron chi connectivity index (χ4n) is 2.94. The molecule has 130 valence electrons. The second-order valence-electron chi connectivity index (χ2n) is 5.78. The lowest BCUT2D eigenvalue weighted by molar-refractivity contribution is -0.146. The lowest BCUT2D eigenvalue weighted by atomic mass is 10.1. The summed E-state index contributed by atoms with van der Waals surface area (Å²) in [4.78, 5) is 38.6. The maximum Gasteiger partial charge on any atom is 0.242 e. The van der Waals surface area contributed by atoms with Gasteiger partial charge in [-0.15, -0.1) is 0 Å². The van der Waals surface area contributed by atoms with Gasteiger partial charge in [-0.3, -0.25) is 14.4 Å². The van der Waals surface area contributed by atoms with E-state index in [1.54, 1.807) is 12.0 Å². The van der Waals surface area contributed by atoms with Crippen molar-refractivity contribution >= 4 is 17.7 Å². The number of nitrogens with two attached hydrogens (primary N) is 1. The average molecular weight is 333 g/mol. The zero-order chi connectivity index (χ0) is 17.7. The third-order valence-electron chi connectivity index (χ3n) is 4.27. The number of piperazine rings is 1. The van der Waals surface area contributed by atoms with E-state index in [9.17, 15) is 14.4 Å². The molecule has 0 radical (unpaired) electrons. The Balaban J connectivity index is 1.98. The lowest BCUT2D eigenvalue weighted by Gasteiger charge is -2.39. The minimum Gasteiger partial charge on any atom is -0.496 e. The lowest BCUT2D eigenvalue weighted by Crippen LogP contribution is -2.60. The Morgan fingerprint density at radius 3 is 2.58 bits per heavy atom. The van der Waals surface area contributed by atoms with Crippen molar-refractivity contribution in [3.8, 4) is 5.75 Å². The standard InChI is InChI=1S/C17H23N3O4/c1-12(21)20-10-9-19(11-14(20)17(18)23)16(22)8-7-13-5-3-4-6-15(13)24-2/h3-6,14H,7-11H2,1-2H3,(H2,18,23)/t14-/m1/s1. The van der Waals surface area contributed by atoms with E-state index in [0.29, 0.717) is 25.9 Å². The number of methoxy groups -OCH3 is 1. The van der Waals surface area contributed by atoms with Crippen molar-refractivity contribution in [2.45, 2.75) is 25.8 Å². The SMILES string of the molecule is COc1ccccc1CCC(=O)N1CCN(C(C)=O)[C@@H](C(N)=O)C1. The van der Waals surface area contributed by atoms with Crippen LogP contribution in [0.5, 0.6) is 5.75 Å². The average Bonchev–Trinajstić information content (AvgIpc) is 2.59. The molecular formula is C17H23N3O4. The number of carbonyl (C=O) groups excluding carboxylic acids is 3. The van der Waals surface area contributed by atoms with Crippen LogP contribution >= 0.6 is 0 Å². The number of ether oxygens (including phenoxy) is 1. The Hall–Kier alpha value is -2.57. The van der Waals surface area contributed by atoms with Crippen molar-refractivity contribution in [1.82, 2.24) is 9.80 Å². The van der Waals surface area contributed by atoms with Crippen molar-refractivity contribution in [2.24, 2.45) is 5.73 Å². The largest absolute Gasteiger partial charge is 0.496 e. The Labute approximate surface area is 141 Å². The van der Waals surface area contributed by atoms with E-state index in [1.807, 2.05) is 24.3 Å². The molecule has 1 aromatic rings. The van der Waals surface area contributed by atoms with Crippen molar-refractivity contribution < 1.29 is 19.1 Å². The van der Waals surface area contributed by atoms with Gasteiger partial charge in [-0.25, -0.2) is 0 Å². The van der Waals surface area contributed by atoms with Crippen LogP contribution in [-0.2, 0) is 20.8 Å². The van der Waals surface area contributed by atoms with Crippen LogP contribution in [0.1, 0.15) is 18.9 Å². The monoisotopic (exact) mass is 333 g/mol. The molecule has 0 saturated carbocycles. The summed E-state index contributed by atoms with van der Waals surface area (Å²) < 4.78 is 5.28. The molecule has 0 spiro atoms. The number of rotatable bonds is 5. The molecule has 0 unspecified atom stereocenters. The van der Waals surface area contributed by atoms with Gasteiger partial charge in [0.1, 0.15) is 11.8 Å². The predicted molar refractivity (Wildman–Crippen MR) is 88.3 cm³/mol. The van der Waals surface area contributed by atoms with Gasteiger partial charge in [-0.05, 0) is 18.1 Å². The fourth-order valence-corrected chi connectivity index (χ4v) is 2.94. The van der Waals surface area contributed by atoms with Crippen LogP contribution in [0.25, 0.3) is 0 Å². The molecule has 1 saturated heterocycles. The van der Waals surface area contributed by atoms with Gasteiger partial charge >= 0.3 is 0 Å². The first-order chi connectivity index (χ1) is 11.4.